The monoisotopic (exact) mass is 413 g/mol. The van der Waals surface area contributed by atoms with Crippen molar-refractivity contribution in [3.63, 3.8) is 0 Å². The molecule has 1 fully saturated rings. The third-order valence-corrected chi connectivity index (χ3v) is 7.06. The highest BCUT2D eigenvalue weighted by atomic mass is 16.1. The van der Waals surface area contributed by atoms with Crippen molar-refractivity contribution in [1.82, 2.24) is 14.1 Å². The molecular weight excluding hydrogens is 386 g/mol. The van der Waals surface area contributed by atoms with Crippen molar-refractivity contribution < 1.29 is 0 Å². The molecule has 0 unspecified atom stereocenters. The molecule has 1 aromatic carbocycles. The molecule has 1 aliphatic rings. The van der Waals surface area contributed by atoms with Crippen LogP contribution in [-0.2, 0) is 6.54 Å². The lowest BCUT2D eigenvalue weighted by Gasteiger charge is -2.35. The van der Waals surface area contributed by atoms with Crippen LogP contribution >= 0.6 is 0 Å². The Kier molecular flexibility index (Phi) is 4.97. The summed E-state index contributed by atoms with van der Waals surface area (Å²) < 4.78 is 3.55. The van der Waals surface area contributed by atoms with Gasteiger partial charge in [0.25, 0.3) is 11.1 Å². The minimum Gasteiger partial charge on any atom is -0.312 e. The van der Waals surface area contributed by atoms with Crippen LogP contribution in [0.5, 0.6) is 0 Å². The van der Waals surface area contributed by atoms with E-state index >= 15 is 0 Å². The number of hydrogen-bond acceptors (Lipinski definition) is 3. The van der Waals surface area contributed by atoms with Gasteiger partial charge in [-0.15, -0.1) is 0 Å². The molecule has 4 aromatic rings. The molecule has 5 heteroatoms. The van der Waals surface area contributed by atoms with Gasteiger partial charge in [0.05, 0.1) is 28.4 Å². The highest BCUT2D eigenvalue weighted by Crippen LogP contribution is 2.37. The number of benzene rings is 1. The van der Waals surface area contributed by atoms with E-state index in [-0.39, 0.29) is 17.2 Å². The van der Waals surface area contributed by atoms with Crippen molar-refractivity contribution in [3.05, 3.63) is 87.2 Å². The van der Waals surface area contributed by atoms with Crippen molar-refractivity contribution >= 4 is 21.8 Å². The summed E-state index contributed by atoms with van der Waals surface area (Å²) in [4.78, 5) is 31.2. The summed E-state index contributed by atoms with van der Waals surface area (Å²) in [6, 6.07) is 15.6. The molecule has 1 aliphatic carbocycles. The maximum atomic E-state index is 13.4. The number of nitrogens with zero attached hydrogens (tertiary/aromatic N) is 3. The maximum Gasteiger partial charge on any atom is 0.260 e. The van der Waals surface area contributed by atoms with Crippen molar-refractivity contribution in [2.24, 2.45) is 11.8 Å². The molecule has 3 aromatic heterocycles. The third kappa shape index (κ3) is 3.48. The smallest absolute Gasteiger partial charge is 0.260 e. The first-order valence-corrected chi connectivity index (χ1v) is 11.1. The van der Waals surface area contributed by atoms with E-state index in [0.29, 0.717) is 40.2 Å². The van der Waals surface area contributed by atoms with Crippen LogP contribution in [0.2, 0.25) is 0 Å². The molecule has 0 radical (unpaired) electrons. The molecule has 0 N–H and O–H groups in total. The van der Waals surface area contributed by atoms with Gasteiger partial charge in [-0.2, -0.15) is 0 Å². The van der Waals surface area contributed by atoms with E-state index in [1.165, 1.54) is 6.42 Å². The Morgan fingerprint density at radius 2 is 1.61 bits per heavy atom. The van der Waals surface area contributed by atoms with E-state index in [1.54, 1.807) is 16.8 Å². The topological polar surface area (TPSA) is 56.9 Å². The van der Waals surface area contributed by atoms with Gasteiger partial charge in [0.1, 0.15) is 0 Å². The SMILES string of the molecule is C[C@H]1[C@H](C)CCC[C@@H]1n1ccc2nc3ccn(Cc4ccccc4)c(=O)c3cc2c1=O. The van der Waals surface area contributed by atoms with Crippen LogP contribution < -0.4 is 11.1 Å². The summed E-state index contributed by atoms with van der Waals surface area (Å²) in [6.07, 6.45) is 7.04. The molecule has 158 valence electrons. The van der Waals surface area contributed by atoms with E-state index in [1.807, 2.05) is 53.2 Å². The molecule has 31 heavy (non-hydrogen) atoms. The number of aromatic nitrogens is 3. The van der Waals surface area contributed by atoms with Crippen LogP contribution in [0.25, 0.3) is 21.8 Å². The molecule has 0 aliphatic heterocycles. The van der Waals surface area contributed by atoms with Crippen LogP contribution in [0.1, 0.15) is 44.7 Å². The standard InChI is InChI=1S/C26H27N3O2/c1-17-7-6-10-24(18(17)2)29-14-12-23-21(26(29)31)15-20-22(27-23)11-13-28(25(20)30)16-19-8-4-3-5-9-19/h3-5,8-9,11-15,17-18,24H,6-7,10,16H2,1-2H3/t17-,18+,24+/m1/s1. The van der Waals surface area contributed by atoms with Gasteiger partial charge in [-0.3, -0.25) is 9.59 Å². The number of rotatable bonds is 3. The van der Waals surface area contributed by atoms with Crippen molar-refractivity contribution in [3.8, 4) is 0 Å². The predicted molar refractivity (Wildman–Crippen MR) is 125 cm³/mol. The molecule has 1 saturated carbocycles. The molecule has 3 heterocycles. The largest absolute Gasteiger partial charge is 0.312 e. The fourth-order valence-electron chi connectivity index (χ4n) is 4.99. The maximum absolute atomic E-state index is 13.4. The summed E-state index contributed by atoms with van der Waals surface area (Å²) in [7, 11) is 0. The van der Waals surface area contributed by atoms with Crippen molar-refractivity contribution in [1.29, 1.82) is 0 Å². The molecule has 0 amide bonds. The second kappa shape index (κ2) is 7.80. The van der Waals surface area contributed by atoms with Gasteiger partial charge in [0, 0.05) is 18.4 Å². The van der Waals surface area contributed by atoms with Crippen LogP contribution in [0.3, 0.4) is 0 Å². The third-order valence-electron chi connectivity index (χ3n) is 7.06. The Morgan fingerprint density at radius 1 is 0.903 bits per heavy atom. The van der Waals surface area contributed by atoms with E-state index in [2.05, 4.69) is 18.8 Å². The second-order valence-electron chi connectivity index (χ2n) is 8.95. The second-order valence-corrected chi connectivity index (χ2v) is 8.95. The summed E-state index contributed by atoms with van der Waals surface area (Å²) >= 11 is 0. The Bertz CT molecular complexity index is 1370. The van der Waals surface area contributed by atoms with Crippen LogP contribution in [0.4, 0.5) is 0 Å². The first-order valence-electron chi connectivity index (χ1n) is 11.1. The molecule has 0 spiro atoms. The zero-order valence-corrected chi connectivity index (χ0v) is 18.0. The fraction of sp³-hybridized carbons (Fsp3) is 0.346. The summed E-state index contributed by atoms with van der Waals surface area (Å²) in [5.41, 5.74) is 2.16. The molecule has 0 saturated heterocycles. The van der Waals surface area contributed by atoms with E-state index in [0.717, 1.165) is 18.4 Å². The van der Waals surface area contributed by atoms with Crippen LogP contribution in [0.15, 0.2) is 70.5 Å². The fourth-order valence-corrected chi connectivity index (χ4v) is 4.99. The Hall–Kier alpha value is -3.21. The lowest BCUT2D eigenvalue weighted by atomic mass is 9.78. The summed E-state index contributed by atoms with van der Waals surface area (Å²) in [5.74, 6) is 1.04. The zero-order chi connectivity index (χ0) is 21.5. The summed E-state index contributed by atoms with van der Waals surface area (Å²) in [6.45, 7) is 5.00. The van der Waals surface area contributed by atoms with Gasteiger partial charge in [0.2, 0.25) is 0 Å². The van der Waals surface area contributed by atoms with E-state index in [9.17, 15) is 9.59 Å². The number of hydrogen-bond donors (Lipinski definition) is 0. The quantitative estimate of drug-likeness (QED) is 0.455. The normalized spacial score (nSPS) is 21.5. The molecule has 5 rings (SSSR count). The van der Waals surface area contributed by atoms with Crippen LogP contribution in [0, 0.1) is 11.8 Å². The molecule has 3 atom stereocenters. The lowest BCUT2D eigenvalue weighted by Crippen LogP contribution is -2.33. The Balaban J connectivity index is 1.63. The van der Waals surface area contributed by atoms with E-state index in [4.69, 9.17) is 0 Å². The van der Waals surface area contributed by atoms with Gasteiger partial charge in [-0.05, 0) is 42.0 Å². The highest BCUT2D eigenvalue weighted by Gasteiger charge is 2.29. The highest BCUT2D eigenvalue weighted by molar-refractivity contribution is 5.91. The molecule has 0 bridgehead atoms. The predicted octanol–water partition coefficient (Wildman–Crippen LogP) is 4.76. The molecule has 5 nitrogen and oxygen atoms in total. The van der Waals surface area contributed by atoms with Gasteiger partial charge < -0.3 is 9.13 Å². The van der Waals surface area contributed by atoms with Gasteiger partial charge in [-0.25, -0.2) is 4.98 Å². The minimum atomic E-state index is -0.120. The number of fused-ring (bicyclic) bond motifs is 2. The Morgan fingerprint density at radius 3 is 2.39 bits per heavy atom. The average Bonchev–Trinajstić information content (AvgIpc) is 2.78. The van der Waals surface area contributed by atoms with Crippen molar-refractivity contribution in [2.45, 2.75) is 45.7 Å². The van der Waals surface area contributed by atoms with Crippen molar-refractivity contribution in [2.75, 3.05) is 0 Å². The van der Waals surface area contributed by atoms with E-state index < -0.39 is 0 Å². The average molecular weight is 414 g/mol. The van der Waals surface area contributed by atoms with Gasteiger partial charge >= 0.3 is 0 Å². The Labute approximate surface area is 181 Å². The summed E-state index contributed by atoms with van der Waals surface area (Å²) in [5, 5.41) is 1.01. The lowest BCUT2D eigenvalue weighted by molar-refractivity contribution is 0.183. The number of pyridine rings is 3. The first-order chi connectivity index (χ1) is 15.0. The minimum absolute atomic E-state index is 0.0456. The first kappa shape index (κ1) is 19.7. The molecular formula is C26H27N3O2. The zero-order valence-electron chi connectivity index (χ0n) is 18.0. The van der Waals surface area contributed by atoms with Gasteiger partial charge in [-0.1, -0.05) is 57.0 Å². The van der Waals surface area contributed by atoms with Crippen LogP contribution in [-0.4, -0.2) is 14.1 Å². The van der Waals surface area contributed by atoms with Gasteiger partial charge in [0.15, 0.2) is 0 Å².